The lowest BCUT2D eigenvalue weighted by Gasteiger charge is -2.19. The van der Waals surface area contributed by atoms with Gasteiger partial charge in [0.15, 0.2) is 5.96 Å². The van der Waals surface area contributed by atoms with E-state index in [4.69, 9.17) is 4.99 Å². The van der Waals surface area contributed by atoms with Crippen molar-refractivity contribution in [3.63, 3.8) is 0 Å². The number of halogens is 1. The summed E-state index contributed by atoms with van der Waals surface area (Å²) < 4.78 is 25.4. The zero-order chi connectivity index (χ0) is 20.5. The Kier molecular flexibility index (Phi) is 10.1. The van der Waals surface area contributed by atoms with E-state index in [-0.39, 0.29) is 35.6 Å². The second-order valence-corrected chi connectivity index (χ2v) is 9.18. The van der Waals surface area contributed by atoms with Gasteiger partial charge in [-0.05, 0) is 24.5 Å². The summed E-state index contributed by atoms with van der Waals surface area (Å²) in [6.45, 7) is 4.98. The molecule has 2 N–H and O–H groups in total. The van der Waals surface area contributed by atoms with E-state index in [9.17, 15) is 8.42 Å². The fourth-order valence-corrected chi connectivity index (χ4v) is 5.07. The standard InChI is InChI=1S/C22H30N4O2S.HI/c1-2-23-22(24-14-16-26-15-9-17-29(26,27)28)25-18-21(19-10-5-3-6-11-19)20-12-7-4-8-13-20;/h3-8,10-13,21H,2,9,14-18H2,1H3,(H2,23,24,25);1H. The van der Waals surface area contributed by atoms with Crippen LogP contribution in [0.25, 0.3) is 0 Å². The molecule has 0 aliphatic carbocycles. The van der Waals surface area contributed by atoms with Crippen LogP contribution in [0.1, 0.15) is 30.4 Å². The van der Waals surface area contributed by atoms with Crippen molar-refractivity contribution in [2.45, 2.75) is 19.3 Å². The molecule has 0 saturated carbocycles. The first-order chi connectivity index (χ1) is 14.1. The molecule has 0 radical (unpaired) electrons. The van der Waals surface area contributed by atoms with E-state index in [2.05, 4.69) is 59.2 Å². The highest BCUT2D eigenvalue weighted by molar-refractivity contribution is 14.0. The molecular formula is C22H31IN4O2S. The molecule has 1 fully saturated rings. The molecule has 1 saturated heterocycles. The van der Waals surface area contributed by atoms with Gasteiger partial charge in [-0.3, -0.25) is 4.99 Å². The summed E-state index contributed by atoms with van der Waals surface area (Å²) in [4.78, 5) is 4.79. The molecule has 3 rings (SSSR count). The van der Waals surface area contributed by atoms with Crippen molar-refractivity contribution < 1.29 is 8.42 Å². The van der Waals surface area contributed by atoms with Crippen molar-refractivity contribution in [1.82, 2.24) is 14.9 Å². The summed E-state index contributed by atoms with van der Waals surface area (Å²) in [7, 11) is -3.06. The largest absolute Gasteiger partial charge is 0.357 e. The Morgan fingerprint density at radius 3 is 2.13 bits per heavy atom. The number of hydrogen-bond acceptors (Lipinski definition) is 3. The zero-order valence-corrected chi connectivity index (χ0v) is 20.5. The predicted molar refractivity (Wildman–Crippen MR) is 134 cm³/mol. The SMILES string of the molecule is CCNC(=NCC(c1ccccc1)c1ccccc1)NCCN1CCCS1(=O)=O.I. The summed E-state index contributed by atoms with van der Waals surface area (Å²) in [5.74, 6) is 1.13. The molecule has 8 heteroatoms. The van der Waals surface area contributed by atoms with Gasteiger partial charge in [0, 0.05) is 32.1 Å². The van der Waals surface area contributed by atoms with E-state index in [1.54, 1.807) is 4.31 Å². The molecule has 164 valence electrons. The molecule has 0 spiro atoms. The van der Waals surface area contributed by atoms with Gasteiger partial charge in [0.25, 0.3) is 0 Å². The maximum Gasteiger partial charge on any atom is 0.214 e. The van der Waals surface area contributed by atoms with Crippen LogP contribution in [-0.4, -0.2) is 57.2 Å². The monoisotopic (exact) mass is 542 g/mol. The minimum atomic E-state index is -3.06. The van der Waals surface area contributed by atoms with Gasteiger partial charge >= 0.3 is 0 Å². The molecule has 1 aliphatic rings. The van der Waals surface area contributed by atoms with Gasteiger partial charge in [0.05, 0.1) is 12.3 Å². The topological polar surface area (TPSA) is 73.8 Å². The highest BCUT2D eigenvalue weighted by Gasteiger charge is 2.27. The molecule has 6 nitrogen and oxygen atoms in total. The fraction of sp³-hybridized carbons (Fsp3) is 0.409. The van der Waals surface area contributed by atoms with Crippen molar-refractivity contribution in [3.8, 4) is 0 Å². The summed E-state index contributed by atoms with van der Waals surface area (Å²) in [5.41, 5.74) is 2.45. The first-order valence-corrected chi connectivity index (χ1v) is 11.8. The average molecular weight is 542 g/mol. The van der Waals surface area contributed by atoms with Gasteiger partial charge in [-0.2, -0.15) is 0 Å². The smallest absolute Gasteiger partial charge is 0.214 e. The van der Waals surface area contributed by atoms with Crippen LogP contribution in [0.5, 0.6) is 0 Å². The first-order valence-electron chi connectivity index (χ1n) is 10.2. The van der Waals surface area contributed by atoms with Crippen molar-refractivity contribution >= 4 is 40.0 Å². The highest BCUT2D eigenvalue weighted by atomic mass is 127. The second kappa shape index (κ2) is 12.3. The average Bonchev–Trinajstić information content (AvgIpc) is 3.08. The van der Waals surface area contributed by atoms with Crippen molar-refractivity contribution in [3.05, 3.63) is 71.8 Å². The lowest BCUT2D eigenvalue weighted by Crippen LogP contribution is -2.42. The molecule has 2 aromatic rings. The molecule has 0 atom stereocenters. The normalized spacial score (nSPS) is 16.3. The maximum atomic E-state index is 11.9. The van der Waals surface area contributed by atoms with Crippen LogP contribution in [0.2, 0.25) is 0 Å². The summed E-state index contributed by atoms with van der Waals surface area (Å²) >= 11 is 0. The number of rotatable bonds is 8. The van der Waals surface area contributed by atoms with E-state index in [1.807, 2.05) is 19.1 Å². The van der Waals surface area contributed by atoms with Crippen molar-refractivity contribution in [1.29, 1.82) is 0 Å². The molecule has 0 bridgehead atoms. The minimum absolute atomic E-state index is 0. The van der Waals surface area contributed by atoms with E-state index < -0.39 is 10.0 Å². The van der Waals surface area contributed by atoms with Crippen LogP contribution in [0, 0.1) is 0 Å². The fourth-order valence-electron chi connectivity index (χ4n) is 3.54. The number of aliphatic imine (C=N–C) groups is 1. The van der Waals surface area contributed by atoms with E-state index >= 15 is 0 Å². The quantitative estimate of drug-likeness (QED) is 0.306. The van der Waals surface area contributed by atoms with Crippen molar-refractivity contribution in [2.75, 3.05) is 38.5 Å². The predicted octanol–water partition coefficient (Wildman–Crippen LogP) is 3.03. The molecule has 2 aromatic carbocycles. The van der Waals surface area contributed by atoms with Crippen LogP contribution < -0.4 is 10.6 Å². The van der Waals surface area contributed by atoms with Crippen LogP contribution >= 0.6 is 24.0 Å². The van der Waals surface area contributed by atoms with Crippen LogP contribution in [0.15, 0.2) is 65.7 Å². The van der Waals surface area contributed by atoms with Crippen molar-refractivity contribution in [2.24, 2.45) is 4.99 Å². The summed E-state index contributed by atoms with van der Waals surface area (Å²) in [6.07, 6.45) is 0.715. The molecule has 1 aliphatic heterocycles. The van der Waals surface area contributed by atoms with E-state index in [0.29, 0.717) is 38.6 Å². The molecule has 0 unspecified atom stereocenters. The lowest BCUT2D eigenvalue weighted by molar-refractivity contribution is 0.445. The maximum absolute atomic E-state index is 11.9. The zero-order valence-electron chi connectivity index (χ0n) is 17.3. The third-order valence-corrected chi connectivity index (χ3v) is 6.99. The van der Waals surface area contributed by atoms with Gasteiger partial charge in [-0.25, -0.2) is 12.7 Å². The molecule has 30 heavy (non-hydrogen) atoms. The van der Waals surface area contributed by atoms with Crippen LogP contribution in [0.3, 0.4) is 0 Å². The summed E-state index contributed by atoms with van der Waals surface area (Å²) in [6, 6.07) is 20.8. The van der Waals surface area contributed by atoms with Gasteiger partial charge in [0.1, 0.15) is 0 Å². The van der Waals surface area contributed by atoms with Gasteiger partial charge in [-0.1, -0.05) is 60.7 Å². The van der Waals surface area contributed by atoms with Gasteiger partial charge in [-0.15, -0.1) is 24.0 Å². The Labute approximate surface area is 197 Å². The first kappa shape index (κ1) is 24.6. The molecule has 0 amide bonds. The second-order valence-electron chi connectivity index (χ2n) is 7.09. The highest BCUT2D eigenvalue weighted by Crippen LogP contribution is 2.24. The molecular weight excluding hydrogens is 511 g/mol. The number of benzene rings is 2. The van der Waals surface area contributed by atoms with Crippen LogP contribution in [0.4, 0.5) is 0 Å². The van der Waals surface area contributed by atoms with Gasteiger partial charge in [0.2, 0.25) is 10.0 Å². The number of nitrogens with zero attached hydrogens (tertiary/aromatic N) is 2. The van der Waals surface area contributed by atoms with E-state index in [1.165, 1.54) is 11.1 Å². The Morgan fingerprint density at radius 2 is 1.63 bits per heavy atom. The number of sulfonamides is 1. The number of nitrogens with one attached hydrogen (secondary N) is 2. The Bertz CT molecular complexity index is 852. The number of hydrogen-bond donors (Lipinski definition) is 2. The lowest BCUT2D eigenvalue weighted by atomic mass is 9.91. The minimum Gasteiger partial charge on any atom is -0.357 e. The van der Waals surface area contributed by atoms with Gasteiger partial charge < -0.3 is 10.6 Å². The molecule has 1 heterocycles. The number of guanidine groups is 1. The van der Waals surface area contributed by atoms with Crippen LogP contribution in [-0.2, 0) is 10.0 Å². The Balaban J connectivity index is 0.00000320. The third-order valence-electron chi connectivity index (χ3n) is 5.04. The third kappa shape index (κ3) is 6.95. The van der Waals surface area contributed by atoms with E-state index in [0.717, 1.165) is 6.54 Å². The summed E-state index contributed by atoms with van der Waals surface area (Å²) in [5, 5.41) is 6.53. The molecule has 0 aromatic heterocycles. The Hall–Kier alpha value is -1.65. The Morgan fingerprint density at radius 1 is 1.03 bits per heavy atom.